The van der Waals surface area contributed by atoms with E-state index in [9.17, 15) is 21.6 Å². The van der Waals surface area contributed by atoms with Crippen LogP contribution in [0.15, 0.2) is 24.3 Å². The van der Waals surface area contributed by atoms with Crippen LogP contribution in [0.1, 0.15) is 24.0 Å². The molecule has 1 fully saturated rings. The van der Waals surface area contributed by atoms with Gasteiger partial charge in [0.05, 0.1) is 16.6 Å². The summed E-state index contributed by atoms with van der Waals surface area (Å²) in [7, 11) is -3.56. The van der Waals surface area contributed by atoms with E-state index in [1.807, 2.05) is 0 Å². The molecule has 1 N–H and O–H groups in total. The van der Waals surface area contributed by atoms with E-state index in [0.717, 1.165) is 6.07 Å². The molecule has 1 aromatic rings. The Kier molecular flexibility index (Phi) is 4.39. The Balaban J connectivity index is 2.25. The Labute approximate surface area is 116 Å². The third kappa shape index (κ3) is 3.52. The van der Waals surface area contributed by atoms with Crippen molar-refractivity contribution in [3.63, 3.8) is 0 Å². The second-order valence-corrected chi connectivity index (χ2v) is 7.19. The van der Waals surface area contributed by atoms with Crippen molar-refractivity contribution in [3.05, 3.63) is 35.4 Å². The van der Waals surface area contributed by atoms with E-state index >= 15 is 0 Å². The molecule has 1 heterocycles. The van der Waals surface area contributed by atoms with Crippen LogP contribution in [0.2, 0.25) is 0 Å². The summed E-state index contributed by atoms with van der Waals surface area (Å²) < 4.78 is 63.1. The summed E-state index contributed by atoms with van der Waals surface area (Å²) in [6.07, 6.45) is -3.62. The molecule has 3 nitrogen and oxygen atoms in total. The molecule has 0 atom stereocenters. The number of alkyl halides is 3. The smallest absolute Gasteiger partial charge is 0.317 e. The summed E-state index contributed by atoms with van der Waals surface area (Å²) in [4.78, 5) is 0. The van der Waals surface area contributed by atoms with Crippen LogP contribution < -0.4 is 5.32 Å². The van der Waals surface area contributed by atoms with Gasteiger partial charge in [-0.3, -0.25) is 0 Å². The van der Waals surface area contributed by atoms with E-state index in [1.165, 1.54) is 18.2 Å². The molecule has 1 aromatic carbocycles. The van der Waals surface area contributed by atoms with Crippen LogP contribution in [-0.4, -0.2) is 26.8 Å². The van der Waals surface area contributed by atoms with Crippen LogP contribution >= 0.6 is 0 Å². The van der Waals surface area contributed by atoms with Gasteiger partial charge in [0, 0.05) is 0 Å². The van der Waals surface area contributed by atoms with Gasteiger partial charge in [-0.25, -0.2) is 8.42 Å². The summed E-state index contributed by atoms with van der Waals surface area (Å²) in [6, 6.07) is 4.86. The van der Waals surface area contributed by atoms with Gasteiger partial charge in [-0.05, 0) is 37.6 Å². The van der Waals surface area contributed by atoms with Crippen LogP contribution in [-0.2, 0) is 21.8 Å². The van der Waals surface area contributed by atoms with Gasteiger partial charge in [0.2, 0.25) is 0 Å². The fraction of sp³-hybridized carbons (Fsp3) is 0.538. The van der Waals surface area contributed by atoms with Crippen LogP contribution in [0.25, 0.3) is 0 Å². The third-order valence-electron chi connectivity index (χ3n) is 3.47. The Morgan fingerprint density at radius 1 is 1.15 bits per heavy atom. The monoisotopic (exact) mass is 307 g/mol. The van der Waals surface area contributed by atoms with Gasteiger partial charge in [-0.1, -0.05) is 18.2 Å². The van der Waals surface area contributed by atoms with E-state index in [1.54, 1.807) is 0 Å². The fourth-order valence-electron chi connectivity index (χ4n) is 2.41. The van der Waals surface area contributed by atoms with E-state index in [2.05, 4.69) is 5.32 Å². The number of benzene rings is 1. The molecular formula is C13H16F3NO2S. The number of hydrogen-bond acceptors (Lipinski definition) is 3. The largest absolute Gasteiger partial charge is 0.416 e. The van der Waals surface area contributed by atoms with Crippen molar-refractivity contribution in [2.45, 2.75) is 30.0 Å². The van der Waals surface area contributed by atoms with Crippen LogP contribution in [0.4, 0.5) is 13.2 Å². The van der Waals surface area contributed by atoms with E-state index in [-0.39, 0.29) is 5.56 Å². The lowest BCUT2D eigenvalue weighted by molar-refractivity contribution is -0.138. The topological polar surface area (TPSA) is 46.2 Å². The van der Waals surface area contributed by atoms with Crippen molar-refractivity contribution >= 4 is 9.84 Å². The first kappa shape index (κ1) is 15.3. The van der Waals surface area contributed by atoms with Crippen molar-refractivity contribution in [1.29, 1.82) is 0 Å². The summed E-state index contributed by atoms with van der Waals surface area (Å²) in [5.41, 5.74) is -1.03. The van der Waals surface area contributed by atoms with Crippen molar-refractivity contribution < 1.29 is 21.6 Å². The molecule has 0 aromatic heterocycles. The Morgan fingerprint density at radius 2 is 1.75 bits per heavy atom. The molecule has 0 amide bonds. The fourth-order valence-corrected chi connectivity index (χ4v) is 4.29. The SMILES string of the molecule is O=S(=O)(Cc1ccccc1C(F)(F)F)C1CCNCC1. The minimum Gasteiger partial charge on any atom is -0.317 e. The van der Waals surface area contributed by atoms with Gasteiger partial charge < -0.3 is 5.32 Å². The van der Waals surface area contributed by atoms with Gasteiger partial charge in [0.1, 0.15) is 0 Å². The number of sulfone groups is 1. The highest BCUT2D eigenvalue weighted by molar-refractivity contribution is 7.91. The first-order chi connectivity index (χ1) is 9.31. The predicted octanol–water partition coefficient (Wildman–Crippen LogP) is 2.37. The molecule has 0 radical (unpaired) electrons. The maximum absolute atomic E-state index is 12.9. The molecule has 0 saturated carbocycles. The highest BCUT2D eigenvalue weighted by Crippen LogP contribution is 2.33. The maximum Gasteiger partial charge on any atom is 0.416 e. The molecule has 1 aliphatic rings. The zero-order chi connectivity index (χ0) is 14.8. The molecule has 0 bridgehead atoms. The van der Waals surface area contributed by atoms with Crippen molar-refractivity contribution in [2.24, 2.45) is 0 Å². The lowest BCUT2D eigenvalue weighted by atomic mass is 10.1. The van der Waals surface area contributed by atoms with Crippen LogP contribution in [0.5, 0.6) is 0 Å². The number of halogens is 3. The second kappa shape index (κ2) is 5.73. The quantitative estimate of drug-likeness (QED) is 0.932. The lowest BCUT2D eigenvalue weighted by Gasteiger charge is -2.23. The zero-order valence-corrected chi connectivity index (χ0v) is 11.6. The second-order valence-electron chi connectivity index (χ2n) is 4.91. The third-order valence-corrected chi connectivity index (χ3v) is 5.67. The molecule has 20 heavy (non-hydrogen) atoms. The summed E-state index contributed by atoms with van der Waals surface area (Å²) >= 11 is 0. The molecule has 2 rings (SSSR count). The number of hydrogen-bond donors (Lipinski definition) is 1. The van der Waals surface area contributed by atoms with Crippen molar-refractivity contribution in [3.8, 4) is 0 Å². The van der Waals surface area contributed by atoms with E-state index in [0.29, 0.717) is 25.9 Å². The Morgan fingerprint density at radius 3 is 2.35 bits per heavy atom. The molecular weight excluding hydrogens is 291 g/mol. The Bertz CT molecular complexity index is 563. The molecule has 0 spiro atoms. The minimum atomic E-state index is -4.53. The summed E-state index contributed by atoms with van der Waals surface area (Å²) in [5.74, 6) is -0.548. The summed E-state index contributed by atoms with van der Waals surface area (Å²) in [5, 5.41) is 2.49. The van der Waals surface area contributed by atoms with Crippen molar-refractivity contribution in [2.75, 3.05) is 13.1 Å². The number of nitrogens with one attached hydrogen (secondary N) is 1. The van der Waals surface area contributed by atoms with Gasteiger partial charge in [-0.2, -0.15) is 13.2 Å². The van der Waals surface area contributed by atoms with Crippen molar-refractivity contribution in [1.82, 2.24) is 5.32 Å². The highest BCUT2D eigenvalue weighted by Gasteiger charge is 2.35. The molecule has 7 heteroatoms. The first-order valence-corrected chi connectivity index (χ1v) is 8.09. The van der Waals surface area contributed by atoms with Gasteiger partial charge in [-0.15, -0.1) is 0 Å². The Hall–Kier alpha value is -1.08. The minimum absolute atomic E-state index is 0.168. The van der Waals surface area contributed by atoms with Crippen LogP contribution in [0.3, 0.4) is 0 Å². The average molecular weight is 307 g/mol. The number of rotatable bonds is 3. The molecule has 0 unspecified atom stereocenters. The zero-order valence-electron chi connectivity index (χ0n) is 10.8. The maximum atomic E-state index is 12.9. The van der Waals surface area contributed by atoms with E-state index < -0.39 is 32.6 Å². The standard InChI is InChI=1S/C13H16F3NO2S/c14-13(15,16)12-4-2-1-3-10(12)9-20(18,19)11-5-7-17-8-6-11/h1-4,11,17H,5-9H2. The summed E-state index contributed by atoms with van der Waals surface area (Å²) in [6.45, 7) is 1.18. The normalized spacial score (nSPS) is 18.1. The molecule has 1 saturated heterocycles. The molecule has 112 valence electrons. The number of piperidine rings is 1. The molecule has 0 aliphatic carbocycles. The lowest BCUT2D eigenvalue weighted by Crippen LogP contribution is -2.36. The van der Waals surface area contributed by atoms with E-state index in [4.69, 9.17) is 0 Å². The predicted molar refractivity (Wildman–Crippen MR) is 70.0 cm³/mol. The molecule has 1 aliphatic heterocycles. The first-order valence-electron chi connectivity index (χ1n) is 6.38. The van der Waals surface area contributed by atoms with Gasteiger partial charge in [0.25, 0.3) is 0 Å². The van der Waals surface area contributed by atoms with Gasteiger partial charge in [0.15, 0.2) is 9.84 Å². The van der Waals surface area contributed by atoms with Gasteiger partial charge >= 0.3 is 6.18 Å². The van der Waals surface area contributed by atoms with Crippen LogP contribution in [0, 0.1) is 0 Å². The highest BCUT2D eigenvalue weighted by atomic mass is 32.2. The average Bonchev–Trinajstić information content (AvgIpc) is 2.39.